The van der Waals surface area contributed by atoms with E-state index in [0.29, 0.717) is 6.54 Å². The Kier molecular flexibility index (Phi) is 6.49. The molecule has 0 radical (unpaired) electrons. The van der Waals surface area contributed by atoms with Crippen molar-refractivity contribution in [2.75, 3.05) is 20.1 Å². The maximum atomic E-state index is 11.8. The highest BCUT2D eigenvalue weighted by atomic mass is 16.3. The zero-order valence-corrected chi connectivity index (χ0v) is 12.3. The Morgan fingerprint density at radius 2 is 1.83 bits per heavy atom. The molecule has 0 spiro atoms. The van der Waals surface area contributed by atoms with E-state index in [1.54, 1.807) is 25.8 Å². The molecule has 0 bridgehead atoms. The third-order valence-electron chi connectivity index (χ3n) is 2.49. The number of carbonyl (C=O) groups is 2. The molecule has 1 atom stereocenters. The minimum absolute atomic E-state index is 0.0384. The van der Waals surface area contributed by atoms with E-state index in [9.17, 15) is 14.7 Å². The van der Waals surface area contributed by atoms with Crippen molar-refractivity contribution in [3.05, 3.63) is 0 Å². The normalized spacial score (nSPS) is 13.8. The van der Waals surface area contributed by atoms with Crippen LogP contribution in [0.15, 0.2) is 0 Å². The fourth-order valence-electron chi connectivity index (χ4n) is 1.92. The van der Waals surface area contributed by atoms with E-state index in [2.05, 4.69) is 5.32 Å². The number of likely N-dealkylation sites (N-methyl/N-ethyl adjacent to an activating group) is 1. The summed E-state index contributed by atoms with van der Waals surface area (Å²) in [6.45, 7) is 9.21. The maximum Gasteiger partial charge on any atom is 0.234 e. The second kappa shape index (κ2) is 6.85. The molecular weight excluding hydrogens is 232 g/mol. The summed E-state index contributed by atoms with van der Waals surface area (Å²) >= 11 is 0. The second-order valence-corrected chi connectivity index (χ2v) is 5.88. The highest BCUT2D eigenvalue weighted by molar-refractivity contribution is 5.88. The Morgan fingerprint density at radius 3 is 2.17 bits per heavy atom. The molecule has 18 heavy (non-hydrogen) atoms. The molecule has 0 saturated carbocycles. The summed E-state index contributed by atoms with van der Waals surface area (Å²) in [6.07, 6.45) is 0. The van der Waals surface area contributed by atoms with Gasteiger partial charge in [0, 0.05) is 6.54 Å². The standard InChI is InChI=1S/C13H26N2O3/c1-9(2)12(10(3)16)14-11(17)7-15(6)8-13(4,5)18/h9,12,18H,7-8H2,1-6H3,(H,14,17). The first-order chi connectivity index (χ1) is 8.03. The van der Waals surface area contributed by atoms with E-state index in [1.165, 1.54) is 6.92 Å². The smallest absolute Gasteiger partial charge is 0.234 e. The second-order valence-electron chi connectivity index (χ2n) is 5.88. The maximum absolute atomic E-state index is 11.8. The van der Waals surface area contributed by atoms with Crippen LogP contribution in [0.1, 0.15) is 34.6 Å². The largest absolute Gasteiger partial charge is 0.389 e. The molecule has 0 aliphatic rings. The third kappa shape index (κ3) is 7.40. The summed E-state index contributed by atoms with van der Waals surface area (Å²) in [5, 5.41) is 12.4. The lowest BCUT2D eigenvalue weighted by Gasteiger charge is -2.26. The highest BCUT2D eigenvalue weighted by Crippen LogP contribution is 2.04. The average molecular weight is 258 g/mol. The number of hydrogen-bond donors (Lipinski definition) is 2. The van der Waals surface area contributed by atoms with Crippen molar-refractivity contribution in [3.8, 4) is 0 Å². The molecule has 5 heteroatoms. The van der Waals surface area contributed by atoms with E-state index >= 15 is 0 Å². The van der Waals surface area contributed by atoms with Crippen molar-refractivity contribution in [1.82, 2.24) is 10.2 Å². The van der Waals surface area contributed by atoms with Crippen LogP contribution in [0.25, 0.3) is 0 Å². The van der Waals surface area contributed by atoms with Gasteiger partial charge in [-0.2, -0.15) is 0 Å². The van der Waals surface area contributed by atoms with Gasteiger partial charge in [0.2, 0.25) is 5.91 Å². The molecular formula is C13H26N2O3. The third-order valence-corrected chi connectivity index (χ3v) is 2.49. The first-order valence-corrected chi connectivity index (χ1v) is 6.23. The minimum atomic E-state index is -0.840. The van der Waals surface area contributed by atoms with Gasteiger partial charge in [-0.15, -0.1) is 0 Å². The molecule has 1 unspecified atom stereocenters. The Morgan fingerprint density at radius 1 is 1.33 bits per heavy atom. The van der Waals surface area contributed by atoms with Crippen LogP contribution in [0.3, 0.4) is 0 Å². The number of amides is 1. The van der Waals surface area contributed by atoms with Gasteiger partial charge >= 0.3 is 0 Å². The van der Waals surface area contributed by atoms with Crippen molar-refractivity contribution in [1.29, 1.82) is 0 Å². The number of Topliss-reactive ketones (excluding diaryl/α,β-unsaturated/α-hetero) is 1. The molecule has 0 heterocycles. The van der Waals surface area contributed by atoms with Crippen molar-refractivity contribution in [2.45, 2.75) is 46.3 Å². The summed E-state index contributed by atoms with van der Waals surface area (Å²) in [4.78, 5) is 24.9. The number of hydrogen-bond acceptors (Lipinski definition) is 4. The lowest BCUT2D eigenvalue weighted by atomic mass is 10.0. The predicted molar refractivity (Wildman–Crippen MR) is 71.2 cm³/mol. The fourth-order valence-corrected chi connectivity index (χ4v) is 1.92. The minimum Gasteiger partial charge on any atom is -0.389 e. The molecule has 0 aliphatic heterocycles. The van der Waals surface area contributed by atoms with Crippen molar-refractivity contribution >= 4 is 11.7 Å². The number of carbonyl (C=O) groups excluding carboxylic acids is 2. The van der Waals surface area contributed by atoms with Crippen molar-refractivity contribution in [2.24, 2.45) is 5.92 Å². The number of nitrogens with zero attached hydrogens (tertiary/aromatic N) is 1. The molecule has 0 fully saturated rings. The van der Waals surface area contributed by atoms with E-state index in [4.69, 9.17) is 0 Å². The molecule has 1 amide bonds. The quantitative estimate of drug-likeness (QED) is 0.694. The van der Waals surface area contributed by atoms with Crippen LogP contribution in [-0.2, 0) is 9.59 Å². The van der Waals surface area contributed by atoms with Gasteiger partial charge < -0.3 is 10.4 Å². The lowest BCUT2D eigenvalue weighted by molar-refractivity contribution is -0.128. The molecule has 0 rings (SSSR count). The summed E-state index contributed by atoms with van der Waals surface area (Å²) < 4.78 is 0. The van der Waals surface area contributed by atoms with Gasteiger partial charge in [-0.1, -0.05) is 13.8 Å². The number of aliphatic hydroxyl groups is 1. The van der Waals surface area contributed by atoms with Gasteiger partial charge in [0.15, 0.2) is 5.78 Å². The Balaban J connectivity index is 4.29. The van der Waals surface area contributed by atoms with E-state index in [1.807, 2.05) is 13.8 Å². The van der Waals surface area contributed by atoms with Crippen LogP contribution in [0.4, 0.5) is 0 Å². The lowest BCUT2D eigenvalue weighted by Crippen LogP contribution is -2.48. The highest BCUT2D eigenvalue weighted by Gasteiger charge is 2.22. The molecule has 0 aromatic heterocycles. The van der Waals surface area contributed by atoms with E-state index < -0.39 is 11.6 Å². The Labute approximate surface area is 110 Å². The molecule has 0 aromatic carbocycles. The predicted octanol–water partition coefficient (Wildman–Crippen LogP) is 0.419. The van der Waals surface area contributed by atoms with E-state index in [0.717, 1.165) is 0 Å². The topological polar surface area (TPSA) is 69.6 Å². The molecule has 106 valence electrons. The number of nitrogens with one attached hydrogen (secondary N) is 1. The summed E-state index contributed by atoms with van der Waals surface area (Å²) in [6, 6.07) is -0.437. The fraction of sp³-hybridized carbons (Fsp3) is 0.846. The summed E-state index contributed by atoms with van der Waals surface area (Å²) in [7, 11) is 1.76. The van der Waals surface area contributed by atoms with Crippen LogP contribution < -0.4 is 5.32 Å². The summed E-state index contributed by atoms with van der Waals surface area (Å²) in [5.41, 5.74) is -0.840. The number of ketones is 1. The summed E-state index contributed by atoms with van der Waals surface area (Å²) in [5.74, 6) is -0.162. The molecule has 2 N–H and O–H groups in total. The van der Waals surface area contributed by atoms with Crippen LogP contribution in [-0.4, -0.2) is 53.5 Å². The van der Waals surface area contributed by atoms with Crippen LogP contribution in [0, 0.1) is 5.92 Å². The monoisotopic (exact) mass is 258 g/mol. The van der Waals surface area contributed by atoms with Crippen molar-refractivity contribution < 1.29 is 14.7 Å². The first kappa shape index (κ1) is 17.1. The van der Waals surface area contributed by atoms with Gasteiger partial charge in [-0.25, -0.2) is 0 Å². The first-order valence-electron chi connectivity index (χ1n) is 6.23. The zero-order chi connectivity index (χ0) is 14.5. The Hall–Kier alpha value is -0.940. The van der Waals surface area contributed by atoms with Gasteiger partial charge in [-0.05, 0) is 33.7 Å². The van der Waals surface area contributed by atoms with Gasteiger partial charge in [0.1, 0.15) is 0 Å². The van der Waals surface area contributed by atoms with Crippen LogP contribution >= 0.6 is 0 Å². The van der Waals surface area contributed by atoms with Crippen LogP contribution in [0.2, 0.25) is 0 Å². The Bertz CT molecular complexity index is 295. The van der Waals surface area contributed by atoms with Crippen LogP contribution in [0.5, 0.6) is 0 Å². The molecule has 0 saturated heterocycles. The van der Waals surface area contributed by atoms with Gasteiger partial charge in [0.25, 0.3) is 0 Å². The molecule has 0 aromatic rings. The average Bonchev–Trinajstić information content (AvgIpc) is 2.09. The van der Waals surface area contributed by atoms with Gasteiger partial charge in [0.05, 0.1) is 18.2 Å². The molecule has 5 nitrogen and oxygen atoms in total. The number of rotatable bonds is 7. The van der Waals surface area contributed by atoms with Gasteiger partial charge in [-0.3, -0.25) is 14.5 Å². The molecule has 0 aliphatic carbocycles. The van der Waals surface area contributed by atoms with Crippen molar-refractivity contribution in [3.63, 3.8) is 0 Å². The SMILES string of the molecule is CC(=O)C(NC(=O)CN(C)CC(C)(C)O)C(C)C. The zero-order valence-electron chi connectivity index (χ0n) is 12.3. The van der Waals surface area contributed by atoms with E-state index in [-0.39, 0.29) is 24.2 Å².